The highest BCUT2D eigenvalue weighted by Gasteiger charge is 2.37. The Balaban J connectivity index is 1.42. The van der Waals surface area contributed by atoms with Crippen LogP contribution in [0.25, 0.3) is 25.7 Å². The maximum absolute atomic E-state index is 6.64. The van der Waals surface area contributed by atoms with Crippen molar-refractivity contribution >= 4 is 48.5 Å². The minimum absolute atomic E-state index is 0.0217. The van der Waals surface area contributed by atoms with Crippen LogP contribution in [0.5, 0.6) is 0 Å². The first-order chi connectivity index (χ1) is 14.5. The molecule has 0 amide bonds. The van der Waals surface area contributed by atoms with Gasteiger partial charge in [0.2, 0.25) is 0 Å². The van der Waals surface area contributed by atoms with Gasteiger partial charge in [0.25, 0.3) is 0 Å². The summed E-state index contributed by atoms with van der Waals surface area (Å²) < 4.78 is 2.59. The fourth-order valence-electron chi connectivity index (χ4n) is 5.15. The summed E-state index contributed by atoms with van der Waals surface area (Å²) >= 11 is 1.83. The standard InChI is InChI=1S/C27H24N2S/c1-27(2)23-9-5-3-7-19(23)20-13-11-17(15-24(20)27)29(28)18-12-14-22-21-8-4-6-10-25(21)30-26(22)16-18/h4-6,8-16H,3,7,28H2,1-2H3. The molecule has 6 rings (SSSR count). The Hall–Kier alpha value is -2.88. The van der Waals surface area contributed by atoms with Gasteiger partial charge in [-0.15, -0.1) is 11.3 Å². The first-order valence-electron chi connectivity index (χ1n) is 10.6. The molecule has 1 aromatic heterocycles. The zero-order valence-corrected chi connectivity index (χ0v) is 18.1. The van der Waals surface area contributed by atoms with Crippen LogP contribution in [0.2, 0.25) is 0 Å². The molecule has 4 aromatic rings. The highest BCUT2D eigenvalue weighted by atomic mass is 32.1. The third-order valence-electron chi connectivity index (χ3n) is 6.76. The largest absolute Gasteiger partial charge is 0.280 e. The SMILES string of the molecule is CC1(C)C2=C(CCC=C2)c2ccc(N(N)c3ccc4c(c3)sc3ccccc34)cc21. The van der Waals surface area contributed by atoms with E-state index in [2.05, 4.69) is 86.7 Å². The summed E-state index contributed by atoms with van der Waals surface area (Å²) in [4.78, 5) is 0. The van der Waals surface area contributed by atoms with E-state index < -0.39 is 0 Å². The number of rotatable bonds is 2. The van der Waals surface area contributed by atoms with Crippen molar-refractivity contribution in [3.05, 3.63) is 89.5 Å². The number of benzene rings is 3. The summed E-state index contributed by atoms with van der Waals surface area (Å²) in [6.45, 7) is 4.66. The van der Waals surface area contributed by atoms with Gasteiger partial charge in [0.1, 0.15) is 0 Å². The number of hydrogen-bond acceptors (Lipinski definition) is 3. The maximum atomic E-state index is 6.64. The van der Waals surface area contributed by atoms with Crippen molar-refractivity contribution in [1.82, 2.24) is 0 Å². The smallest absolute Gasteiger partial charge is 0.0589 e. The molecule has 2 nitrogen and oxygen atoms in total. The van der Waals surface area contributed by atoms with Gasteiger partial charge in [0, 0.05) is 25.6 Å². The minimum Gasteiger partial charge on any atom is -0.280 e. The molecule has 3 aromatic carbocycles. The van der Waals surface area contributed by atoms with Crippen LogP contribution in [-0.2, 0) is 5.41 Å². The monoisotopic (exact) mass is 408 g/mol. The van der Waals surface area contributed by atoms with Gasteiger partial charge in [-0.3, -0.25) is 5.01 Å². The molecule has 30 heavy (non-hydrogen) atoms. The van der Waals surface area contributed by atoms with Crippen molar-refractivity contribution in [1.29, 1.82) is 0 Å². The lowest BCUT2D eigenvalue weighted by atomic mass is 9.80. The van der Waals surface area contributed by atoms with Crippen LogP contribution in [0.1, 0.15) is 37.8 Å². The molecule has 0 aliphatic heterocycles. The summed E-state index contributed by atoms with van der Waals surface area (Å²) in [5, 5.41) is 4.44. The van der Waals surface area contributed by atoms with E-state index in [-0.39, 0.29) is 5.41 Å². The van der Waals surface area contributed by atoms with E-state index in [4.69, 9.17) is 5.84 Å². The average molecular weight is 409 g/mol. The third kappa shape index (κ3) is 2.46. The molecule has 2 aliphatic carbocycles. The van der Waals surface area contributed by atoms with Gasteiger partial charge in [0.15, 0.2) is 0 Å². The van der Waals surface area contributed by atoms with Crippen molar-refractivity contribution in [2.24, 2.45) is 5.84 Å². The molecule has 2 N–H and O–H groups in total. The number of anilines is 2. The molecule has 2 aliphatic rings. The van der Waals surface area contributed by atoms with Crippen LogP contribution in [0.15, 0.2) is 78.4 Å². The lowest BCUT2D eigenvalue weighted by molar-refractivity contribution is 0.651. The van der Waals surface area contributed by atoms with Crippen molar-refractivity contribution in [2.75, 3.05) is 5.01 Å². The van der Waals surface area contributed by atoms with Crippen LogP contribution in [0, 0.1) is 0 Å². The fraction of sp³-hybridized carbons (Fsp3) is 0.185. The normalized spacial score (nSPS) is 16.9. The van der Waals surface area contributed by atoms with Crippen molar-refractivity contribution in [3.63, 3.8) is 0 Å². The van der Waals surface area contributed by atoms with Crippen LogP contribution >= 0.6 is 11.3 Å². The van der Waals surface area contributed by atoms with Crippen molar-refractivity contribution in [3.8, 4) is 0 Å². The highest BCUT2D eigenvalue weighted by Crippen LogP contribution is 2.51. The van der Waals surface area contributed by atoms with Gasteiger partial charge >= 0.3 is 0 Å². The second-order valence-electron chi connectivity index (χ2n) is 8.84. The Morgan fingerprint density at radius 3 is 2.57 bits per heavy atom. The zero-order valence-electron chi connectivity index (χ0n) is 17.3. The van der Waals surface area contributed by atoms with Crippen LogP contribution < -0.4 is 10.9 Å². The first kappa shape index (κ1) is 17.9. The van der Waals surface area contributed by atoms with Crippen molar-refractivity contribution in [2.45, 2.75) is 32.1 Å². The molecular formula is C27H24N2S. The Morgan fingerprint density at radius 2 is 1.67 bits per heavy atom. The second kappa shape index (κ2) is 6.31. The lowest BCUT2D eigenvalue weighted by Crippen LogP contribution is -2.25. The van der Waals surface area contributed by atoms with Gasteiger partial charge in [-0.25, -0.2) is 5.84 Å². The number of nitrogens with zero attached hydrogens (tertiary/aromatic N) is 1. The number of nitrogens with two attached hydrogens (primary N) is 1. The predicted octanol–water partition coefficient (Wildman–Crippen LogP) is 7.46. The zero-order chi connectivity index (χ0) is 20.5. The van der Waals surface area contributed by atoms with Crippen LogP contribution in [-0.4, -0.2) is 0 Å². The van der Waals surface area contributed by atoms with E-state index in [1.807, 2.05) is 16.3 Å². The summed E-state index contributed by atoms with van der Waals surface area (Å²) in [7, 11) is 0. The molecule has 0 spiro atoms. The van der Waals surface area contributed by atoms with Crippen LogP contribution in [0.4, 0.5) is 11.4 Å². The molecule has 3 heteroatoms. The topological polar surface area (TPSA) is 29.3 Å². The average Bonchev–Trinajstić information content (AvgIpc) is 3.26. The Labute approximate surface area is 180 Å². The molecule has 148 valence electrons. The number of hydrazine groups is 1. The van der Waals surface area contributed by atoms with Crippen molar-refractivity contribution < 1.29 is 0 Å². The quantitative estimate of drug-likeness (QED) is 0.275. The Kier molecular flexibility index (Phi) is 3.77. The molecule has 1 heterocycles. The summed E-state index contributed by atoms with van der Waals surface area (Å²) in [5.41, 5.74) is 7.84. The van der Waals surface area contributed by atoms with Gasteiger partial charge in [-0.2, -0.15) is 0 Å². The minimum atomic E-state index is 0.0217. The molecule has 0 fully saturated rings. The molecule has 0 bridgehead atoms. The number of allylic oxidation sites excluding steroid dienone is 4. The first-order valence-corrected chi connectivity index (χ1v) is 11.4. The van der Waals surface area contributed by atoms with Crippen LogP contribution in [0.3, 0.4) is 0 Å². The molecule has 0 unspecified atom stereocenters. The molecule has 0 saturated heterocycles. The van der Waals surface area contributed by atoms with E-state index in [1.165, 1.54) is 42.4 Å². The van der Waals surface area contributed by atoms with Gasteiger partial charge < -0.3 is 0 Å². The van der Waals surface area contributed by atoms with Gasteiger partial charge in [-0.1, -0.05) is 56.3 Å². The summed E-state index contributed by atoms with van der Waals surface area (Å²) in [6, 6.07) is 21.9. The Morgan fingerprint density at radius 1 is 0.900 bits per heavy atom. The maximum Gasteiger partial charge on any atom is 0.0589 e. The molecule has 0 radical (unpaired) electrons. The van der Waals surface area contributed by atoms with E-state index in [9.17, 15) is 0 Å². The summed E-state index contributed by atoms with van der Waals surface area (Å²) in [5.74, 6) is 6.64. The van der Waals surface area contributed by atoms with Gasteiger partial charge in [-0.05, 0) is 65.4 Å². The van der Waals surface area contributed by atoms with E-state index in [1.54, 1.807) is 0 Å². The van der Waals surface area contributed by atoms with E-state index in [0.29, 0.717) is 0 Å². The predicted molar refractivity (Wildman–Crippen MR) is 130 cm³/mol. The third-order valence-corrected chi connectivity index (χ3v) is 7.90. The number of thiophene rings is 1. The Bertz CT molecular complexity index is 1390. The highest BCUT2D eigenvalue weighted by molar-refractivity contribution is 7.25. The molecule has 0 atom stereocenters. The van der Waals surface area contributed by atoms with Gasteiger partial charge in [0.05, 0.1) is 11.4 Å². The second-order valence-corrected chi connectivity index (χ2v) is 9.92. The van der Waals surface area contributed by atoms with E-state index in [0.717, 1.165) is 24.2 Å². The molecular weight excluding hydrogens is 384 g/mol. The lowest BCUT2D eigenvalue weighted by Gasteiger charge is -2.26. The molecule has 0 saturated carbocycles. The number of hydrogen-bond donors (Lipinski definition) is 1. The van der Waals surface area contributed by atoms with E-state index >= 15 is 0 Å². The number of fused-ring (bicyclic) bond motifs is 5. The fourth-order valence-corrected chi connectivity index (χ4v) is 6.29. The summed E-state index contributed by atoms with van der Waals surface area (Å²) in [6.07, 6.45) is 6.90.